The zero-order valence-electron chi connectivity index (χ0n) is 18.6. The van der Waals surface area contributed by atoms with Gasteiger partial charge < -0.3 is 14.7 Å². The SMILES string of the molecule is O=[N+]([O-])c1ccc(N2CCN(c3ccc([N+](=O)[O-])cc3)CN(c3ccc([N+](=O)[O-])cc3)CC2)cc1. The van der Waals surface area contributed by atoms with Crippen LogP contribution in [-0.2, 0) is 0 Å². The van der Waals surface area contributed by atoms with Crippen molar-refractivity contribution in [3.63, 3.8) is 0 Å². The fraction of sp³-hybridized carbons (Fsp3) is 0.217. The molecule has 0 spiro atoms. The molecule has 3 aromatic carbocycles. The van der Waals surface area contributed by atoms with Crippen molar-refractivity contribution in [2.24, 2.45) is 0 Å². The third-order valence-electron chi connectivity index (χ3n) is 5.90. The molecule has 1 aliphatic rings. The highest BCUT2D eigenvalue weighted by molar-refractivity contribution is 5.57. The summed E-state index contributed by atoms with van der Waals surface area (Å²) in [6.45, 7) is 2.89. The summed E-state index contributed by atoms with van der Waals surface area (Å²) in [6.07, 6.45) is 0. The molecule has 0 saturated carbocycles. The van der Waals surface area contributed by atoms with Gasteiger partial charge in [0.05, 0.1) is 21.4 Å². The summed E-state index contributed by atoms with van der Waals surface area (Å²) >= 11 is 0. The molecule has 0 amide bonds. The summed E-state index contributed by atoms with van der Waals surface area (Å²) in [6, 6.07) is 19.0. The molecule has 1 aliphatic heterocycles. The van der Waals surface area contributed by atoms with Gasteiger partial charge >= 0.3 is 0 Å². The lowest BCUT2D eigenvalue weighted by Crippen LogP contribution is -2.49. The van der Waals surface area contributed by atoms with Crippen LogP contribution in [0.4, 0.5) is 34.1 Å². The standard InChI is InChI=1S/C23H22N6O6/c30-27(31)21-7-1-18(2-8-21)24-13-15-25(19-3-9-22(10-4-19)28(32)33)17-26(16-14-24)20-5-11-23(12-6-20)29(34)35/h1-12H,13-17H2. The number of hydrogen-bond donors (Lipinski definition) is 0. The second kappa shape index (κ2) is 10.0. The molecule has 0 aromatic heterocycles. The van der Waals surface area contributed by atoms with Crippen LogP contribution in [0.5, 0.6) is 0 Å². The van der Waals surface area contributed by atoms with Gasteiger partial charge in [0.2, 0.25) is 0 Å². The van der Waals surface area contributed by atoms with Crippen LogP contribution in [0, 0.1) is 30.3 Å². The van der Waals surface area contributed by atoms with Crippen LogP contribution in [0.15, 0.2) is 72.8 Å². The summed E-state index contributed by atoms with van der Waals surface area (Å²) in [4.78, 5) is 38.0. The normalized spacial score (nSPS) is 14.2. The maximum absolute atomic E-state index is 11.1. The second-order valence-electron chi connectivity index (χ2n) is 7.98. The van der Waals surface area contributed by atoms with Crippen molar-refractivity contribution in [3.05, 3.63) is 103 Å². The zero-order valence-corrected chi connectivity index (χ0v) is 18.6. The molecule has 0 unspecified atom stereocenters. The highest BCUT2D eigenvalue weighted by Gasteiger charge is 2.21. The van der Waals surface area contributed by atoms with Gasteiger partial charge in [-0.05, 0) is 36.4 Å². The largest absolute Gasteiger partial charge is 0.368 e. The number of hydrogen-bond acceptors (Lipinski definition) is 9. The quantitative estimate of drug-likeness (QED) is 0.376. The maximum Gasteiger partial charge on any atom is 0.269 e. The van der Waals surface area contributed by atoms with E-state index in [4.69, 9.17) is 0 Å². The Morgan fingerprint density at radius 2 is 0.714 bits per heavy atom. The van der Waals surface area contributed by atoms with Gasteiger partial charge in [-0.15, -0.1) is 0 Å². The average Bonchev–Trinajstić information content (AvgIpc) is 2.84. The Bertz CT molecular complexity index is 1150. The Morgan fingerprint density at radius 3 is 1.00 bits per heavy atom. The Morgan fingerprint density at radius 1 is 0.457 bits per heavy atom. The molecule has 0 bridgehead atoms. The van der Waals surface area contributed by atoms with E-state index >= 15 is 0 Å². The van der Waals surface area contributed by atoms with E-state index in [1.807, 2.05) is 0 Å². The van der Waals surface area contributed by atoms with Gasteiger partial charge in [0.15, 0.2) is 0 Å². The topological polar surface area (TPSA) is 139 Å². The van der Waals surface area contributed by atoms with Crippen LogP contribution in [0.3, 0.4) is 0 Å². The lowest BCUT2D eigenvalue weighted by molar-refractivity contribution is -0.385. The van der Waals surface area contributed by atoms with E-state index in [9.17, 15) is 30.3 Å². The lowest BCUT2D eigenvalue weighted by Gasteiger charge is -2.39. The van der Waals surface area contributed by atoms with Gasteiger partial charge in [0.25, 0.3) is 17.1 Å². The first-order valence-electron chi connectivity index (χ1n) is 10.8. The van der Waals surface area contributed by atoms with Crippen LogP contribution in [-0.4, -0.2) is 47.6 Å². The summed E-state index contributed by atoms with van der Waals surface area (Å²) in [5, 5.41) is 33.1. The maximum atomic E-state index is 11.1. The number of anilines is 3. The van der Waals surface area contributed by atoms with Crippen LogP contribution in [0.25, 0.3) is 0 Å². The highest BCUT2D eigenvalue weighted by Crippen LogP contribution is 2.26. The molecule has 0 atom stereocenters. The minimum Gasteiger partial charge on any atom is -0.368 e. The molecule has 1 fully saturated rings. The zero-order chi connectivity index (χ0) is 24.9. The van der Waals surface area contributed by atoms with Crippen molar-refractivity contribution in [2.45, 2.75) is 0 Å². The van der Waals surface area contributed by atoms with Crippen LogP contribution in [0.1, 0.15) is 0 Å². The van der Waals surface area contributed by atoms with E-state index in [0.717, 1.165) is 17.1 Å². The van der Waals surface area contributed by atoms with Crippen molar-refractivity contribution in [1.29, 1.82) is 0 Å². The Labute approximate surface area is 200 Å². The van der Waals surface area contributed by atoms with Crippen molar-refractivity contribution in [3.8, 4) is 0 Å². The molecule has 12 nitrogen and oxygen atoms in total. The minimum atomic E-state index is -0.448. The molecule has 3 aromatic rings. The van der Waals surface area contributed by atoms with Gasteiger partial charge in [0.1, 0.15) is 0 Å². The molecule has 0 radical (unpaired) electrons. The summed E-state index contributed by atoms with van der Waals surface area (Å²) in [5.41, 5.74) is 2.45. The van der Waals surface area contributed by atoms with Crippen molar-refractivity contribution in [2.75, 3.05) is 47.5 Å². The predicted octanol–water partition coefficient (Wildman–Crippen LogP) is 4.20. The Kier molecular flexibility index (Phi) is 6.71. The third-order valence-corrected chi connectivity index (χ3v) is 5.90. The smallest absolute Gasteiger partial charge is 0.269 e. The lowest BCUT2D eigenvalue weighted by atomic mass is 10.2. The van der Waals surface area contributed by atoms with Gasteiger partial charge in [-0.2, -0.15) is 0 Å². The molecular weight excluding hydrogens is 456 g/mol. The van der Waals surface area contributed by atoms with E-state index in [1.54, 1.807) is 36.4 Å². The average molecular weight is 478 g/mol. The molecule has 1 heterocycles. The molecule has 0 aliphatic carbocycles. The molecule has 1 saturated heterocycles. The molecule has 0 N–H and O–H groups in total. The van der Waals surface area contributed by atoms with Crippen molar-refractivity contribution >= 4 is 34.1 Å². The number of non-ortho nitro benzene ring substituents is 3. The van der Waals surface area contributed by atoms with Crippen LogP contribution < -0.4 is 14.7 Å². The molecule has 4 rings (SSSR count). The summed E-state index contributed by atoms with van der Waals surface area (Å²) in [7, 11) is 0. The number of benzene rings is 3. The number of nitrogens with zero attached hydrogens (tertiary/aromatic N) is 6. The number of nitro benzene ring substituents is 3. The minimum absolute atomic E-state index is 0.000487. The van der Waals surface area contributed by atoms with Crippen molar-refractivity contribution < 1.29 is 14.8 Å². The second-order valence-corrected chi connectivity index (χ2v) is 7.98. The van der Waals surface area contributed by atoms with E-state index in [1.165, 1.54) is 36.4 Å². The summed E-state index contributed by atoms with van der Waals surface area (Å²) in [5.74, 6) is 0. The Hall–Kier alpha value is -4.74. The van der Waals surface area contributed by atoms with Gasteiger partial charge in [0, 0.05) is 79.6 Å². The van der Waals surface area contributed by atoms with Crippen LogP contribution >= 0.6 is 0 Å². The molecule has 12 heteroatoms. The molecular formula is C23H22N6O6. The fourth-order valence-corrected chi connectivity index (χ4v) is 3.98. The van der Waals surface area contributed by atoms with Crippen molar-refractivity contribution in [1.82, 2.24) is 0 Å². The van der Waals surface area contributed by atoms with Crippen LogP contribution in [0.2, 0.25) is 0 Å². The highest BCUT2D eigenvalue weighted by atomic mass is 16.6. The van der Waals surface area contributed by atoms with Gasteiger partial charge in [-0.25, -0.2) is 0 Å². The van der Waals surface area contributed by atoms with Gasteiger partial charge in [-0.3, -0.25) is 30.3 Å². The summed E-state index contributed by atoms with van der Waals surface area (Å²) < 4.78 is 0. The van der Waals surface area contributed by atoms with E-state index < -0.39 is 14.8 Å². The third kappa shape index (κ3) is 5.43. The number of nitro groups is 3. The Balaban J connectivity index is 1.62. The van der Waals surface area contributed by atoms with E-state index in [2.05, 4.69) is 14.7 Å². The first kappa shape index (κ1) is 23.4. The monoisotopic (exact) mass is 478 g/mol. The first-order chi connectivity index (χ1) is 16.8. The fourth-order valence-electron chi connectivity index (χ4n) is 3.98. The first-order valence-corrected chi connectivity index (χ1v) is 10.8. The molecule has 35 heavy (non-hydrogen) atoms. The predicted molar refractivity (Wildman–Crippen MR) is 131 cm³/mol. The molecule has 180 valence electrons. The number of rotatable bonds is 6. The van der Waals surface area contributed by atoms with E-state index in [-0.39, 0.29) is 17.1 Å². The van der Waals surface area contributed by atoms with Gasteiger partial charge in [-0.1, -0.05) is 0 Å². The van der Waals surface area contributed by atoms with E-state index in [0.29, 0.717) is 32.8 Å².